The maximum atomic E-state index is 10.1. The first-order valence-electron chi connectivity index (χ1n) is 5.75. The first-order chi connectivity index (χ1) is 8.12. The molecule has 5 heteroatoms. The summed E-state index contributed by atoms with van der Waals surface area (Å²) in [6.45, 7) is 4.18. The predicted octanol–water partition coefficient (Wildman–Crippen LogP) is 1.96. The van der Waals surface area contributed by atoms with Crippen LogP contribution in [0.1, 0.15) is 38.5 Å². The monoisotopic (exact) mass is 240 g/mol. The first kappa shape index (κ1) is 13.7. The van der Waals surface area contributed by atoms with Gasteiger partial charge in [-0.3, -0.25) is 0 Å². The predicted molar refractivity (Wildman–Crippen MR) is 64.2 cm³/mol. The van der Waals surface area contributed by atoms with Crippen LogP contribution in [0.5, 0.6) is 11.8 Å². The minimum Gasteiger partial charge on any atom is -0.480 e. The molecule has 0 bridgehead atoms. The zero-order valence-corrected chi connectivity index (χ0v) is 10.8. The molecule has 0 aliphatic carbocycles. The highest BCUT2D eigenvalue weighted by Gasteiger charge is 2.19. The van der Waals surface area contributed by atoms with Crippen molar-refractivity contribution in [3.63, 3.8) is 0 Å². The fourth-order valence-corrected chi connectivity index (χ4v) is 1.50. The molecule has 0 spiro atoms. The molecule has 0 saturated heterocycles. The smallest absolute Gasteiger partial charge is 0.241 e. The van der Waals surface area contributed by atoms with Gasteiger partial charge in [0.1, 0.15) is 11.8 Å². The van der Waals surface area contributed by atoms with E-state index in [0.29, 0.717) is 29.8 Å². The van der Waals surface area contributed by atoms with E-state index in [0.717, 1.165) is 6.42 Å². The number of aromatic nitrogens is 2. The quantitative estimate of drug-likeness (QED) is 0.823. The van der Waals surface area contributed by atoms with Crippen LogP contribution in [0.2, 0.25) is 0 Å². The fraction of sp³-hybridized carbons (Fsp3) is 0.667. The molecule has 5 nitrogen and oxygen atoms in total. The third-order valence-corrected chi connectivity index (χ3v) is 2.79. The highest BCUT2D eigenvalue weighted by molar-refractivity contribution is 5.24. The van der Waals surface area contributed by atoms with Gasteiger partial charge in [-0.05, 0) is 12.3 Å². The molecule has 0 aromatic carbocycles. The molecule has 1 aromatic heterocycles. The van der Waals surface area contributed by atoms with Crippen LogP contribution in [0.4, 0.5) is 0 Å². The lowest BCUT2D eigenvalue weighted by Gasteiger charge is -2.16. The van der Waals surface area contributed by atoms with Crippen molar-refractivity contribution >= 4 is 0 Å². The van der Waals surface area contributed by atoms with Gasteiger partial charge in [-0.2, -0.15) is 4.98 Å². The average molecular weight is 240 g/mol. The van der Waals surface area contributed by atoms with E-state index in [9.17, 15) is 5.11 Å². The van der Waals surface area contributed by atoms with Crippen LogP contribution >= 0.6 is 0 Å². The van der Waals surface area contributed by atoms with E-state index in [1.54, 1.807) is 0 Å². The summed E-state index contributed by atoms with van der Waals surface area (Å²) >= 11 is 0. The number of hydrogen-bond donors (Lipinski definition) is 1. The second-order valence-corrected chi connectivity index (χ2v) is 4.07. The molecule has 0 amide bonds. The Bertz CT molecular complexity index is 358. The third-order valence-electron chi connectivity index (χ3n) is 2.79. The molecule has 2 atom stereocenters. The van der Waals surface area contributed by atoms with Gasteiger partial charge in [0.05, 0.1) is 20.4 Å². The third kappa shape index (κ3) is 3.56. The Kier molecular flexibility index (Phi) is 5.15. The normalized spacial score (nSPS) is 14.2. The standard InChI is InChI=1S/C12H20N2O3/c1-5-8(2)6-9(15)11-12(17-4)14-10(16-3)7-13-11/h7-9,15H,5-6H2,1-4H3. The molecule has 0 aliphatic rings. The van der Waals surface area contributed by atoms with Crippen LogP contribution < -0.4 is 9.47 Å². The first-order valence-corrected chi connectivity index (χ1v) is 5.75. The minimum atomic E-state index is -0.654. The van der Waals surface area contributed by atoms with E-state index >= 15 is 0 Å². The van der Waals surface area contributed by atoms with Crippen LogP contribution in [0, 0.1) is 5.92 Å². The molecule has 17 heavy (non-hydrogen) atoms. The Morgan fingerprint density at radius 2 is 2.06 bits per heavy atom. The number of nitrogens with zero attached hydrogens (tertiary/aromatic N) is 2. The van der Waals surface area contributed by atoms with Gasteiger partial charge in [-0.1, -0.05) is 20.3 Å². The second kappa shape index (κ2) is 6.39. The molecule has 1 heterocycles. The Morgan fingerprint density at radius 3 is 2.59 bits per heavy atom. The summed E-state index contributed by atoms with van der Waals surface area (Å²) in [5.41, 5.74) is 0.466. The van der Waals surface area contributed by atoms with Crippen molar-refractivity contribution in [3.05, 3.63) is 11.9 Å². The number of ether oxygens (including phenoxy) is 2. The molecule has 0 aliphatic heterocycles. The van der Waals surface area contributed by atoms with Crippen molar-refractivity contribution in [2.45, 2.75) is 32.8 Å². The number of rotatable bonds is 6. The van der Waals surface area contributed by atoms with Crippen molar-refractivity contribution in [2.24, 2.45) is 5.92 Å². The van der Waals surface area contributed by atoms with Gasteiger partial charge >= 0.3 is 0 Å². The molecule has 1 N–H and O–H groups in total. The molecular weight excluding hydrogens is 220 g/mol. The van der Waals surface area contributed by atoms with Crippen LogP contribution in [-0.2, 0) is 0 Å². The van der Waals surface area contributed by atoms with Crippen molar-refractivity contribution in [2.75, 3.05) is 14.2 Å². The van der Waals surface area contributed by atoms with Gasteiger partial charge in [0.2, 0.25) is 11.8 Å². The molecule has 1 rings (SSSR count). The average Bonchev–Trinajstić information content (AvgIpc) is 2.37. The molecule has 0 saturated carbocycles. The number of methoxy groups -OCH3 is 2. The van der Waals surface area contributed by atoms with Crippen molar-refractivity contribution in [1.29, 1.82) is 0 Å². The molecule has 0 fully saturated rings. The molecule has 0 radical (unpaired) electrons. The highest BCUT2D eigenvalue weighted by atomic mass is 16.5. The molecular formula is C12H20N2O3. The molecule has 1 aromatic rings. The van der Waals surface area contributed by atoms with E-state index in [2.05, 4.69) is 23.8 Å². The molecule has 96 valence electrons. The van der Waals surface area contributed by atoms with Crippen molar-refractivity contribution < 1.29 is 14.6 Å². The van der Waals surface area contributed by atoms with Gasteiger partial charge in [-0.15, -0.1) is 0 Å². The topological polar surface area (TPSA) is 64.5 Å². The van der Waals surface area contributed by atoms with Crippen LogP contribution in [0.15, 0.2) is 6.20 Å². The summed E-state index contributed by atoms with van der Waals surface area (Å²) in [6.07, 6.45) is 2.49. The lowest BCUT2D eigenvalue weighted by Crippen LogP contribution is -2.09. The zero-order chi connectivity index (χ0) is 12.8. The van der Waals surface area contributed by atoms with E-state index in [4.69, 9.17) is 9.47 Å². The zero-order valence-electron chi connectivity index (χ0n) is 10.8. The lowest BCUT2D eigenvalue weighted by atomic mass is 9.99. The van der Waals surface area contributed by atoms with E-state index < -0.39 is 6.10 Å². The SMILES string of the molecule is CCC(C)CC(O)c1ncc(OC)nc1OC. The van der Waals surface area contributed by atoms with Gasteiger partial charge in [0.25, 0.3) is 0 Å². The van der Waals surface area contributed by atoms with E-state index in [1.807, 2.05) is 0 Å². The fourth-order valence-electron chi connectivity index (χ4n) is 1.50. The van der Waals surface area contributed by atoms with Gasteiger partial charge in [0, 0.05) is 0 Å². The number of aliphatic hydroxyl groups excluding tert-OH is 1. The van der Waals surface area contributed by atoms with Gasteiger partial charge in [-0.25, -0.2) is 4.98 Å². The summed E-state index contributed by atoms with van der Waals surface area (Å²) in [5.74, 6) is 1.13. The number of hydrogen-bond acceptors (Lipinski definition) is 5. The van der Waals surface area contributed by atoms with Gasteiger partial charge in [0.15, 0.2) is 0 Å². The summed E-state index contributed by atoms with van der Waals surface area (Å²) in [6, 6.07) is 0. The Hall–Kier alpha value is -1.36. The maximum Gasteiger partial charge on any atom is 0.241 e. The second-order valence-electron chi connectivity index (χ2n) is 4.07. The summed E-state index contributed by atoms with van der Waals surface area (Å²) in [7, 11) is 3.02. The van der Waals surface area contributed by atoms with E-state index in [1.165, 1.54) is 20.4 Å². The van der Waals surface area contributed by atoms with E-state index in [-0.39, 0.29) is 0 Å². The highest BCUT2D eigenvalue weighted by Crippen LogP contribution is 2.28. The van der Waals surface area contributed by atoms with Crippen LogP contribution in [-0.4, -0.2) is 29.3 Å². The maximum absolute atomic E-state index is 10.1. The summed E-state index contributed by atoms with van der Waals surface area (Å²) in [5, 5.41) is 10.1. The molecule has 2 unspecified atom stereocenters. The van der Waals surface area contributed by atoms with Gasteiger partial charge < -0.3 is 14.6 Å². The summed E-state index contributed by atoms with van der Waals surface area (Å²) < 4.78 is 10.1. The Labute approximate surface area is 102 Å². The minimum absolute atomic E-state index is 0.320. The largest absolute Gasteiger partial charge is 0.480 e. The summed E-state index contributed by atoms with van der Waals surface area (Å²) in [4.78, 5) is 8.24. The lowest BCUT2D eigenvalue weighted by molar-refractivity contribution is 0.137. The van der Waals surface area contributed by atoms with Crippen molar-refractivity contribution in [1.82, 2.24) is 9.97 Å². The van der Waals surface area contributed by atoms with Crippen molar-refractivity contribution in [3.8, 4) is 11.8 Å². The Balaban J connectivity index is 2.88. The van der Waals surface area contributed by atoms with Crippen LogP contribution in [0.3, 0.4) is 0 Å². The number of aliphatic hydroxyl groups is 1. The Morgan fingerprint density at radius 1 is 1.35 bits per heavy atom. The van der Waals surface area contributed by atoms with Crippen LogP contribution in [0.25, 0.3) is 0 Å².